The first-order chi connectivity index (χ1) is 7.68. The van der Waals surface area contributed by atoms with Crippen LogP contribution in [0.5, 0.6) is 0 Å². The smallest absolute Gasteiger partial charge is 0.0162 e. The predicted molar refractivity (Wildman–Crippen MR) is 70.9 cm³/mol. The molecule has 0 amide bonds. The van der Waals surface area contributed by atoms with Gasteiger partial charge in [0, 0.05) is 0 Å². The molecule has 1 aliphatic carbocycles. The van der Waals surface area contributed by atoms with Gasteiger partial charge in [0.25, 0.3) is 0 Å². The van der Waals surface area contributed by atoms with E-state index in [0.717, 1.165) is 11.8 Å². The summed E-state index contributed by atoms with van der Waals surface area (Å²) in [7, 11) is 0. The van der Waals surface area contributed by atoms with Crippen LogP contribution >= 0.6 is 0 Å². The molecule has 0 heterocycles. The molecule has 2 rings (SSSR count). The van der Waals surface area contributed by atoms with Gasteiger partial charge in [-0.1, -0.05) is 44.4 Å². The molecule has 0 aromatic heterocycles. The average Bonchev–Trinajstić information content (AvgIpc) is 2.33. The number of benzene rings is 1. The van der Waals surface area contributed by atoms with Crippen molar-refractivity contribution in [1.82, 2.24) is 0 Å². The van der Waals surface area contributed by atoms with Crippen LogP contribution in [0.1, 0.15) is 61.6 Å². The van der Waals surface area contributed by atoms with Crippen molar-refractivity contribution in [3.8, 4) is 0 Å². The first-order valence-electron chi connectivity index (χ1n) is 6.75. The fourth-order valence-corrected chi connectivity index (χ4v) is 2.95. The average molecular weight is 216 g/mol. The highest BCUT2D eigenvalue weighted by Crippen LogP contribution is 2.36. The molecule has 16 heavy (non-hydrogen) atoms. The van der Waals surface area contributed by atoms with E-state index in [4.69, 9.17) is 0 Å². The van der Waals surface area contributed by atoms with E-state index in [2.05, 4.69) is 39.0 Å². The summed E-state index contributed by atoms with van der Waals surface area (Å²) in [6.07, 6.45) is 7.22. The summed E-state index contributed by atoms with van der Waals surface area (Å²) in [5.74, 6) is 1.68. The van der Waals surface area contributed by atoms with Crippen LogP contribution in [-0.2, 0) is 0 Å². The molecule has 88 valence electrons. The molecule has 1 saturated carbocycles. The van der Waals surface area contributed by atoms with Gasteiger partial charge in [0.1, 0.15) is 0 Å². The maximum Gasteiger partial charge on any atom is -0.0162 e. The van der Waals surface area contributed by atoms with Crippen molar-refractivity contribution >= 4 is 0 Å². The van der Waals surface area contributed by atoms with Gasteiger partial charge in [-0.05, 0) is 55.2 Å². The summed E-state index contributed by atoms with van der Waals surface area (Å²) >= 11 is 0. The molecule has 0 bridgehead atoms. The summed E-state index contributed by atoms with van der Waals surface area (Å²) in [5.41, 5.74) is 4.41. The Balaban J connectivity index is 2.12. The number of hydrogen-bond donors (Lipinski definition) is 0. The molecule has 1 atom stereocenters. The van der Waals surface area contributed by atoms with Crippen LogP contribution in [0.2, 0.25) is 0 Å². The van der Waals surface area contributed by atoms with Crippen molar-refractivity contribution < 1.29 is 0 Å². The van der Waals surface area contributed by atoms with Crippen molar-refractivity contribution in [3.63, 3.8) is 0 Å². The van der Waals surface area contributed by atoms with Crippen LogP contribution in [0.25, 0.3) is 0 Å². The predicted octanol–water partition coefficient (Wildman–Crippen LogP) is 4.99. The first-order valence-corrected chi connectivity index (χ1v) is 6.75. The van der Waals surface area contributed by atoms with Crippen molar-refractivity contribution in [3.05, 3.63) is 34.9 Å². The Morgan fingerprint density at radius 1 is 1.00 bits per heavy atom. The Bertz CT molecular complexity index is 345. The SMILES string of the molecule is Cc1ccc(C(C)C2CCCCC2)cc1C. The van der Waals surface area contributed by atoms with E-state index in [-0.39, 0.29) is 0 Å². The van der Waals surface area contributed by atoms with E-state index >= 15 is 0 Å². The van der Waals surface area contributed by atoms with Gasteiger partial charge in [0.15, 0.2) is 0 Å². The zero-order valence-corrected chi connectivity index (χ0v) is 10.9. The van der Waals surface area contributed by atoms with E-state index in [1.165, 1.54) is 43.2 Å². The van der Waals surface area contributed by atoms with E-state index < -0.39 is 0 Å². The highest BCUT2D eigenvalue weighted by molar-refractivity contribution is 5.32. The minimum absolute atomic E-state index is 0.750. The molecule has 1 fully saturated rings. The fourth-order valence-electron chi connectivity index (χ4n) is 2.95. The van der Waals surface area contributed by atoms with Gasteiger partial charge in [-0.3, -0.25) is 0 Å². The monoisotopic (exact) mass is 216 g/mol. The molecular weight excluding hydrogens is 192 g/mol. The first kappa shape index (κ1) is 11.7. The van der Waals surface area contributed by atoms with Crippen molar-refractivity contribution in [2.24, 2.45) is 5.92 Å². The van der Waals surface area contributed by atoms with Gasteiger partial charge in [0.2, 0.25) is 0 Å². The van der Waals surface area contributed by atoms with E-state index in [1.807, 2.05) is 0 Å². The zero-order valence-electron chi connectivity index (χ0n) is 10.9. The van der Waals surface area contributed by atoms with Gasteiger partial charge >= 0.3 is 0 Å². The van der Waals surface area contributed by atoms with Crippen LogP contribution in [0.3, 0.4) is 0 Å². The highest BCUT2D eigenvalue weighted by Gasteiger charge is 2.21. The fraction of sp³-hybridized carbons (Fsp3) is 0.625. The summed E-state index contributed by atoms with van der Waals surface area (Å²) in [4.78, 5) is 0. The largest absolute Gasteiger partial charge is 0.0588 e. The van der Waals surface area contributed by atoms with E-state index in [1.54, 1.807) is 5.56 Å². The lowest BCUT2D eigenvalue weighted by molar-refractivity contribution is 0.316. The lowest BCUT2D eigenvalue weighted by Gasteiger charge is -2.28. The van der Waals surface area contributed by atoms with Crippen molar-refractivity contribution in [1.29, 1.82) is 0 Å². The van der Waals surface area contributed by atoms with Gasteiger partial charge in [-0.15, -0.1) is 0 Å². The highest BCUT2D eigenvalue weighted by atomic mass is 14.3. The summed E-state index contributed by atoms with van der Waals surface area (Å²) in [6, 6.07) is 7.01. The summed E-state index contributed by atoms with van der Waals surface area (Å²) in [6.45, 7) is 6.84. The molecule has 0 nitrogen and oxygen atoms in total. The number of rotatable bonds is 2. The van der Waals surface area contributed by atoms with Crippen LogP contribution < -0.4 is 0 Å². The Morgan fingerprint density at radius 2 is 1.69 bits per heavy atom. The quantitative estimate of drug-likeness (QED) is 0.653. The minimum atomic E-state index is 0.750. The van der Waals surface area contributed by atoms with Crippen LogP contribution in [-0.4, -0.2) is 0 Å². The minimum Gasteiger partial charge on any atom is -0.0588 e. The Labute approximate surface area is 100 Å². The molecule has 0 radical (unpaired) electrons. The normalized spacial score (nSPS) is 19.7. The van der Waals surface area contributed by atoms with E-state index in [9.17, 15) is 0 Å². The van der Waals surface area contributed by atoms with E-state index in [0.29, 0.717) is 0 Å². The molecule has 0 spiro atoms. The summed E-state index contributed by atoms with van der Waals surface area (Å²) < 4.78 is 0. The van der Waals surface area contributed by atoms with Gasteiger partial charge in [-0.25, -0.2) is 0 Å². The van der Waals surface area contributed by atoms with Crippen LogP contribution in [0.4, 0.5) is 0 Å². The zero-order chi connectivity index (χ0) is 11.5. The molecule has 0 N–H and O–H groups in total. The second-order valence-electron chi connectivity index (χ2n) is 5.53. The van der Waals surface area contributed by atoms with Gasteiger partial charge in [0.05, 0.1) is 0 Å². The maximum absolute atomic E-state index is 2.42. The number of hydrogen-bond acceptors (Lipinski definition) is 0. The molecule has 0 aliphatic heterocycles. The third kappa shape index (κ3) is 2.48. The lowest BCUT2D eigenvalue weighted by Crippen LogP contribution is -2.14. The standard InChI is InChI=1S/C16H24/c1-12-9-10-16(11-13(12)2)14(3)15-7-5-4-6-8-15/h9-11,14-15H,4-8H2,1-3H3. The molecule has 0 heteroatoms. The molecule has 0 saturated heterocycles. The molecule has 1 aromatic carbocycles. The van der Waals surface area contributed by atoms with Gasteiger partial charge in [-0.2, -0.15) is 0 Å². The molecular formula is C16H24. The molecule has 1 unspecified atom stereocenters. The molecule has 1 aliphatic rings. The third-order valence-corrected chi connectivity index (χ3v) is 4.41. The Morgan fingerprint density at radius 3 is 2.31 bits per heavy atom. The second-order valence-corrected chi connectivity index (χ2v) is 5.53. The van der Waals surface area contributed by atoms with Crippen LogP contribution in [0, 0.1) is 19.8 Å². The second kappa shape index (κ2) is 5.03. The molecule has 1 aromatic rings. The Hall–Kier alpha value is -0.780. The summed E-state index contributed by atoms with van der Waals surface area (Å²) in [5, 5.41) is 0. The maximum atomic E-state index is 2.42. The lowest BCUT2D eigenvalue weighted by atomic mass is 9.77. The number of aryl methyl sites for hydroxylation is 2. The van der Waals surface area contributed by atoms with Crippen molar-refractivity contribution in [2.75, 3.05) is 0 Å². The topological polar surface area (TPSA) is 0 Å². The van der Waals surface area contributed by atoms with Gasteiger partial charge < -0.3 is 0 Å². The Kier molecular flexibility index (Phi) is 3.68. The van der Waals surface area contributed by atoms with Crippen LogP contribution in [0.15, 0.2) is 18.2 Å². The third-order valence-electron chi connectivity index (χ3n) is 4.41. The van der Waals surface area contributed by atoms with Crippen molar-refractivity contribution in [2.45, 2.75) is 58.8 Å².